The van der Waals surface area contributed by atoms with Gasteiger partial charge >= 0.3 is 0 Å². The van der Waals surface area contributed by atoms with E-state index in [0.717, 1.165) is 9.99 Å². The van der Waals surface area contributed by atoms with E-state index in [1.165, 1.54) is 0 Å². The van der Waals surface area contributed by atoms with Gasteiger partial charge in [0.25, 0.3) is 11.8 Å². The van der Waals surface area contributed by atoms with Crippen molar-refractivity contribution in [3.8, 4) is 0 Å². The third-order valence-corrected chi connectivity index (χ3v) is 4.43. The number of anilines is 1. The lowest BCUT2D eigenvalue weighted by Crippen LogP contribution is -2.34. The second-order valence-electron chi connectivity index (χ2n) is 5.89. The van der Waals surface area contributed by atoms with E-state index in [1.54, 1.807) is 36.4 Å². The Hall–Kier alpha value is -2.42. The lowest BCUT2D eigenvalue weighted by Gasteiger charge is -2.08. The number of carbonyl (C=O) groups excluding carboxylic acids is 3. The summed E-state index contributed by atoms with van der Waals surface area (Å²) in [7, 11) is 0. The maximum absolute atomic E-state index is 12.1. The SMILES string of the molecule is CCCC(=O)Nc1ccc(C(=O)NCCNC(=O)c2ccc(I)cc2)cc1. The standard InChI is InChI=1S/C20H22IN3O3/c1-2-3-18(25)24-17-10-6-15(7-11-17)20(27)23-13-12-22-19(26)14-4-8-16(21)9-5-14/h4-11H,2-3,12-13H2,1H3,(H,22,26)(H,23,27)(H,24,25). The van der Waals surface area contributed by atoms with Crippen molar-refractivity contribution < 1.29 is 14.4 Å². The number of halogens is 1. The van der Waals surface area contributed by atoms with E-state index in [9.17, 15) is 14.4 Å². The summed E-state index contributed by atoms with van der Waals surface area (Å²) in [5.74, 6) is -0.448. The quantitative estimate of drug-likeness (QED) is 0.402. The Balaban J connectivity index is 1.74. The van der Waals surface area contributed by atoms with Gasteiger partial charge in [-0.05, 0) is 77.5 Å². The minimum atomic E-state index is -0.232. The lowest BCUT2D eigenvalue weighted by atomic mass is 10.2. The first-order valence-electron chi connectivity index (χ1n) is 8.71. The summed E-state index contributed by atoms with van der Waals surface area (Å²) in [6.07, 6.45) is 1.25. The number of hydrogen-bond acceptors (Lipinski definition) is 3. The third-order valence-electron chi connectivity index (χ3n) is 3.71. The van der Waals surface area contributed by atoms with Crippen molar-refractivity contribution in [2.75, 3.05) is 18.4 Å². The molecule has 0 bridgehead atoms. The van der Waals surface area contributed by atoms with Crippen molar-refractivity contribution in [3.63, 3.8) is 0 Å². The van der Waals surface area contributed by atoms with Crippen LogP contribution in [0.1, 0.15) is 40.5 Å². The average Bonchev–Trinajstić information content (AvgIpc) is 2.66. The predicted octanol–water partition coefficient (Wildman–Crippen LogP) is 3.19. The number of nitrogens with one attached hydrogen (secondary N) is 3. The smallest absolute Gasteiger partial charge is 0.251 e. The number of hydrogen-bond donors (Lipinski definition) is 3. The molecule has 0 spiro atoms. The monoisotopic (exact) mass is 479 g/mol. The van der Waals surface area contributed by atoms with Crippen LogP contribution >= 0.6 is 22.6 Å². The zero-order valence-corrected chi connectivity index (χ0v) is 17.2. The summed E-state index contributed by atoms with van der Waals surface area (Å²) in [4.78, 5) is 35.7. The Morgan fingerprint density at radius 2 is 1.30 bits per heavy atom. The van der Waals surface area contributed by atoms with Gasteiger partial charge in [0.1, 0.15) is 0 Å². The predicted molar refractivity (Wildman–Crippen MR) is 114 cm³/mol. The molecule has 27 heavy (non-hydrogen) atoms. The average molecular weight is 479 g/mol. The first-order valence-corrected chi connectivity index (χ1v) is 9.79. The number of carbonyl (C=O) groups is 3. The second kappa shape index (κ2) is 10.7. The maximum atomic E-state index is 12.1. The molecule has 3 N–H and O–H groups in total. The summed E-state index contributed by atoms with van der Waals surface area (Å²) < 4.78 is 1.06. The van der Waals surface area contributed by atoms with Crippen LogP contribution in [0, 0.1) is 3.57 Å². The fourth-order valence-corrected chi connectivity index (χ4v) is 2.67. The minimum absolute atomic E-state index is 0.0430. The minimum Gasteiger partial charge on any atom is -0.350 e. The summed E-state index contributed by atoms with van der Waals surface area (Å²) in [6, 6.07) is 14.0. The second-order valence-corrected chi connectivity index (χ2v) is 7.14. The third kappa shape index (κ3) is 7.01. The molecule has 0 saturated carbocycles. The van der Waals surface area contributed by atoms with Gasteiger partial charge in [-0.3, -0.25) is 14.4 Å². The van der Waals surface area contributed by atoms with Crippen molar-refractivity contribution in [3.05, 3.63) is 63.2 Å². The van der Waals surface area contributed by atoms with Gasteiger partial charge in [-0.1, -0.05) is 6.92 Å². The number of amides is 3. The molecule has 0 aliphatic rings. The molecular formula is C20H22IN3O3. The number of benzene rings is 2. The van der Waals surface area contributed by atoms with Crippen LogP contribution < -0.4 is 16.0 Å². The molecule has 0 radical (unpaired) electrons. The Morgan fingerprint density at radius 3 is 1.78 bits per heavy atom. The zero-order chi connectivity index (χ0) is 19.6. The van der Waals surface area contributed by atoms with Crippen molar-refractivity contribution in [1.29, 1.82) is 0 Å². The maximum Gasteiger partial charge on any atom is 0.251 e. The first-order chi connectivity index (χ1) is 13.0. The van der Waals surface area contributed by atoms with E-state index in [1.807, 2.05) is 19.1 Å². The largest absolute Gasteiger partial charge is 0.350 e. The molecule has 6 nitrogen and oxygen atoms in total. The molecule has 7 heteroatoms. The summed E-state index contributed by atoms with van der Waals surface area (Å²) in [5.41, 5.74) is 1.74. The van der Waals surface area contributed by atoms with Crippen LogP contribution in [-0.4, -0.2) is 30.8 Å². The molecule has 3 amide bonds. The van der Waals surface area contributed by atoms with E-state index >= 15 is 0 Å². The first kappa shape index (κ1) is 20.9. The lowest BCUT2D eigenvalue weighted by molar-refractivity contribution is -0.116. The molecule has 0 aliphatic heterocycles. The topological polar surface area (TPSA) is 87.3 Å². The highest BCUT2D eigenvalue weighted by Crippen LogP contribution is 2.10. The van der Waals surface area contributed by atoms with Gasteiger partial charge in [-0.15, -0.1) is 0 Å². The van der Waals surface area contributed by atoms with Crippen molar-refractivity contribution in [2.24, 2.45) is 0 Å². The Kier molecular flexibility index (Phi) is 8.25. The van der Waals surface area contributed by atoms with Gasteiger partial charge < -0.3 is 16.0 Å². The van der Waals surface area contributed by atoms with Crippen LogP contribution in [-0.2, 0) is 4.79 Å². The molecule has 0 saturated heterocycles. The normalized spacial score (nSPS) is 10.1. The van der Waals surface area contributed by atoms with E-state index < -0.39 is 0 Å². The van der Waals surface area contributed by atoms with E-state index in [4.69, 9.17) is 0 Å². The fraction of sp³-hybridized carbons (Fsp3) is 0.250. The van der Waals surface area contributed by atoms with Gasteiger partial charge in [0.15, 0.2) is 0 Å². The van der Waals surface area contributed by atoms with Gasteiger partial charge in [0.05, 0.1) is 0 Å². The molecular weight excluding hydrogens is 457 g/mol. The highest BCUT2D eigenvalue weighted by Gasteiger charge is 2.07. The van der Waals surface area contributed by atoms with Crippen molar-refractivity contribution >= 4 is 46.0 Å². The highest BCUT2D eigenvalue weighted by atomic mass is 127. The number of rotatable bonds is 8. The van der Waals surface area contributed by atoms with Gasteiger partial charge in [0.2, 0.25) is 5.91 Å². The molecule has 0 unspecified atom stereocenters. The summed E-state index contributed by atoms with van der Waals surface area (Å²) in [5, 5.41) is 8.29. The van der Waals surface area contributed by atoms with Crippen LogP contribution in [0.15, 0.2) is 48.5 Å². The van der Waals surface area contributed by atoms with Crippen LogP contribution in [0.2, 0.25) is 0 Å². The molecule has 0 heterocycles. The van der Waals surface area contributed by atoms with Crippen molar-refractivity contribution in [1.82, 2.24) is 10.6 Å². The molecule has 2 aromatic rings. The summed E-state index contributed by atoms with van der Waals surface area (Å²) >= 11 is 2.18. The van der Waals surface area contributed by atoms with Gasteiger partial charge in [0, 0.05) is 39.9 Å². The molecule has 2 rings (SSSR count). The van der Waals surface area contributed by atoms with Crippen LogP contribution in [0.25, 0.3) is 0 Å². The Morgan fingerprint density at radius 1 is 0.815 bits per heavy atom. The van der Waals surface area contributed by atoms with Crippen LogP contribution in [0.4, 0.5) is 5.69 Å². The molecule has 0 aliphatic carbocycles. The Labute approximate surface area is 172 Å². The van der Waals surface area contributed by atoms with Gasteiger partial charge in [-0.25, -0.2) is 0 Å². The summed E-state index contributed by atoms with van der Waals surface area (Å²) in [6.45, 7) is 2.60. The zero-order valence-electron chi connectivity index (χ0n) is 15.0. The van der Waals surface area contributed by atoms with E-state index in [2.05, 4.69) is 38.5 Å². The Bertz CT molecular complexity index is 789. The van der Waals surface area contributed by atoms with Crippen LogP contribution in [0.5, 0.6) is 0 Å². The van der Waals surface area contributed by atoms with Gasteiger partial charge in [-0.2, -0.15) is 0 Å². The fourth-order valence-electron chi connectivity index (χ4n) is 2.31. The van der Waals surface area contributed by atoms with Crippen molar-refractivity contribution in [2.45, 2.75) is 19.8 Å². The highest BCUT2D eigenvalue weighted by molar-refractivity contribution is 14.1. The van der Waals surface area contributed by atoms with Crippen LogP contribution in [0.3, 0.4) is 0 Å². The van der Waals surface area contributed by atoms with E-state index in [0.29, 0.717) is 36.3 Å². The molecule has 2 aromatic carbocycles. The molecule has 0 atom stereocenters. The molecule has 142 valence electrons. The van der Waals surface area contributed by atoms with E-state index in [-0.39, 0.29) is 17.7 Å². The molecule has 0 aromatic heterocycles. The molecule has 0 fully saturated rings.